The fraction of sp³-hybridized carbons (Fsp3) is 0. The van der Waals surface area contributed by atoms with Crippen LogP contribution in [0.25, 0.3) is 97.0 Å². The lowest BCUT2D eigenvalue weighted by Gasteiger charge is -2.20. The Morgan fingerprint density at radius 2 is 0.980 bits per heavy atom. The molecule has 0 aliphatic carbocycles. The Morgan fingerprint density at radius 3 is 1.76 bits per heavy atom. The molecule has 1 heterocycles. The molecule has 0 unspecified atom stereocenters. The van der Waals surface area contributed by atoms with E-state index in [1.54, 1.807) is 0 Å². The summed E-state index contributed by atoms with van der Waals surface area (Å²) in [7, 11) is 0. The molecular weight excluding hydrogens is 609 g/mol. The van der Waals surface area contributed by atoms with Crippen LogP contribution in [-0.2, 0) is 0 Å². The first-order valence-corrected chi connectivity index (χ1v) is 17.6. The predicted octanol–water partition coefficient (Wildman–Crippen LogP) is 14.2. The van der Waals surface area contributed by atoms with E-state index in [4.69, 9.17) is 1.37 Å². The average Bonchev–Trinajstić information content (AvgIpc) is 3.56. The monoisotopic (exact) mass is 639 g/mol. The first kappa shape index (κ1) is 27.0. The maximum Gasteiger partial charge on any atom is 0.0623 e. The first-order chi connectivity index (χ1) is 24.7. The van der Waals surface area contributed by atoms with Crippen LogP contribution < -0.4 is 0 Å². The molecule has 0 aliphatic rings. The molecule has 9 aromatic carbocycles. The normalized spacial score (nSPS) is 12.0. The zero-order chi connectivity index (χ0) is 33.2. The van der Waals surface area contributed by atoms with Crippen molar-refractivity contribution in [1.29, 1.82) is 0 Å². The van der Waals surface area contributed by atoms with Crippen molar-refractivity contribution in [3.8, 4) is 44.5 Å². The minimum Gasteiger partial charge on any atom is -0.135 e. The Morgan fingerprint density at radius 1 is 0.367 bits per heavy atom. The maximum atomic E-state index is 8.12. The van der Waals surface area contributed by atoms with Gasteiger partial charge in [-0.1, -0.05) is 170 Å². The summed E-state index contributed by atoms with van der Waals surface area (Å²) < 4.78 is 10.7. The lowest BCUT2D eigenvalue weighted by molar-refractivity contribution is 1.64. The number of hydrogen-bond acceptors (Lipinski definition) is 1. The van der Waals surface area contributed by atoms with Crippen LogP contribution >= 0.6 is 11.3 Å². The summed E-state index contributed by atoms with van der Waals surface area (Å²) in [6.07, 6.45) is 0. The predicted molar refractivity (Wildman–Crippen MR) is 214 cm³/mol. The third-order valence-electron chi connectivity index (χ3n) is 10.00. The number of hydrogen-bond donors (Lipinski definition) is 0. The van der Waals surface area contributed by atoms with Crippen LogP contribution in [0.15, 0.2) is 182 Å². The van der Waals surface area contributed by atoms with Gasteiger partial charge < -0.3 is 0 Å². The van der Waals surface area contributed by atoms with Crippen molar-refractivity contribution >= 4 is 63.8 Å². The Hall–Kier alpha value is -6.02. The van der Waals surface area contributed by atoms with E-state index in [1.165, 1.54) is 86.2 Å². The van der Waals surface area contributed by atoms with Crippen molar-refractivity contribution in [1.82, 2.24) is 0 Å². The molecule has 0 atom stereocenters. The third-order valence-corrected chi connectivity index (χ3v) is 11.2. The molecule has 1 aromatic heterocycles. The Bertz CT molecular complexity index is 2880. The summed E-state index contributed by atoms with van der Waals surface area (Å²) in [6.45, 7) is 0. The lowest BCUT2D eigenvalue weighted by Crippen LogP contribution is -1.93. The average molecular weight is 640 g/mol. The standard InChI is InChI=1S/C48H30S/c1-2-15-32(16-3-1)35-24-12-26-43-47-38(25-13-27-44(47)49-48(35)43)36-18-6-7-19-37(36)46-41-22-10-8-20-39(41)45(40-21-9-11-23-42(40)46)34-29-28-31-14-4-5-17-33(31)30-34/h1-30H/i4D. The largest absolute Gasteiger partial charge is 0.135 e. The molecule has 0 amide bonds. The van der Waals surface area contributed by atoms with Gasteiger partial charge in [0.2, 0.25) is 0 Å². The topological polar surface area (TPSA) is 0 Å². The van der Waals surface area contributed by atoms with Gasteiger partial charge in [-0.15, -0.1) is 11.3 Å². The zero-order valence-corrected chi connectivity index (χ0v) is 27.5. The molecular formula is C48H30S. The van der Waals surface area contributed by atoms with Gasteiger partial charge in [0, 0.05) is 20.2 Å². The molecule has 0 N–H and O–H groups in total. The summed E-state index contributed by atoms with van der Waals surface area (Å²) in [6, 6.07) is 64.1. The molecule has 0 spiro atoms. The van der Waals surface area contributed by atoms with E-state index in [2.05, 4.69) is 164 Å². The Kier molecular flexibility index (Phi) is 6.22. The molecule has 0 fully saturated rings. The quantitative estimate of drug-likeness (QED) is 0.168. The van der Waals surface area contributed by atoms with Gasteiger partial charge in [-0.2, -0.15) is 0 Å². The smallest absolute Gasteiger partial charge is 0.0623 e. The molecule has 0 nitrogen and oxygen atoms in total. The van der Waals surface area contributed by atoms with Crippen molar-refractivity contribution in [3.05, 3.63) is 182 Å². The van der Waals surface area contributed by atoms with Crippen LogP contribution in [0.1, 0.15) is 1.37 Å². The minimum absolute atomic E-state index is 0.534. The zero-order valence-electron chi connectivity index (χ0n) is 27.7. The van der Waals surface area contributed by atoms with E-state index in [0.29, 0.717) is 6.04 Å². The van der Waals surface area contributed by atoms with Crippen LogP contribution in [0.4, 0.5) is 0 Å². The van der Waals surface area contributed by atoms with Crippen molar-refractivity contribution in [2.24, 2.45) is 0 Å². The number of rotatable bonds is 4. The highest BCUT2D eigenvalue weighted by Gasteiger charge is 2.21. The van der Waals surface area contributed by atoms with Gasteiger partial charge in [-0.25, -0.2) is 0 Å². The summed E-state index contributed by atoms with van der Waals surface area (Å²) >= 11 is 1.89. The second-order valence-corrected chi connectivity index (χ2v) is 13.8. The molecule has 0 radical (unpaired) electrons. The molecule has 10 rings (SSSR count). The summed E-state index contributed by atoms with van der Waals surface area (Å²) in [5.41, 5.74) is 9.95. The molecule has 0 saturated heterocycles. The van der Waals surface area contributed by atoms with E-state index in [-0.39, 0.29) is 0 Å². The fourth-order valence-electron chi connectivity index (χ4n) is 7.86. The SMILES string of the molecule is [2H]c1ccc2cc(-c3c4ccccc4c(-c4ccccc4-c4cccc5sc6c(-c7ccccc7)cccc6c45)c4ccccc34)ccc2c1. The third kappa shape index (κ3) is 4.44. The highest BCUT2D eigenvalue weighted by Crippen LogP contribution is 2.49. The minimum atomic E-state index is 0.534. The molecule has 10 aromatic rings. The second-order valence-electron chi connectivity index (χ2n) is 12.7. The van der Waals surface area contributed by atoms with E-state index >= 15 is 0 Å². The lowest BCUT2D eigenvalue weighted by atomic mass is 9.83. The van der Waals surface area contributed by atoms with Gasteiger partial charge >= 0.3 is 0 Å². The number of thiophene rings is 1. The highest BCUT2D eigenvalue weighted by molar-refractivity contribution is 7.26. The van der Waals surface area contributed by atoms with E-state index in [1.807, 2.05) is 23.5 Å². The van der Waals surface area contributed by atoms with Gasteiger partial charge in [-0.05, 0) is 89.0 Å². The van der Waals surface area contributed by atoms with Crippen LogP contribution in [0, 0.1) is 0 Å². The van der Waals surface area contributed by atoms with E-state index in [9.17, 15) is 0 Å². The van der Waals surface area contributed by atoms with Crippen molar-refractivity contribution in [2.75, 3.05) is 0 Å². The Labute approximate surface area is 290 Å². The van der Waals surface area contributed by atoms with Gasteiger partial charge in [0.05, 0.1) is 1.37 Å². The highest BCUT2D eigenvalue weighted by atomic mass is 32.1. The molecule has 0 aliphatic heterocycles. The fourth-order valence-corrected chi connectivity index (χ4v) is 9.13. The summed E-state index contributed by atoms with van der Waals surface area (Å²) in [5.74, 6) is 0. The molecule has 49 heavy (non-hydrogen) atoms. The maximum absolute atomic E-state index is 8.12. The second kappa shape index (κ2) is 11.3. The molecule has 1 heteroatoms. The van der Waals surface area contributed by atoms with Crippen molar-refractivity contribution < 1.29 is 1.37 Å². The van der Waals surface area contributed by atoms with Crippen molar-refractivity contribution in [2.45, 2.75) is 0 Å². The van der Waals surface area contributed by atoms with Gasteiger partial charge in [0.15, 0.2) is 0 Å². The van der Waals surface area contributed by atoms with Gasteiger partial charge in [-0.3, -0.25) is 0 Å². The molecule has 228 valence electrons. The van der Waals surface area contributed by atoms with Gasteiger partial charge in [0.25, 0.3) is 0 Å². The molecule has 0 saturated carbocycles. The molecule has 0 bridgehead atoms. The van der Waals surface area contributed by atoms with Crippen LogP contribution in [0.3, 0.4) is 0 Å². The Balaban J connectivity index is 1.26. The van der Waals surface area contributed by atoms with Crippen molar-refractivity contribution in [3.63, 3.8) is 0 Å². The number of benzene rings is 9. The van der Waals surface area contributed by atoms with Crippen LogP contribution in [0.5, 0.6) is 0 Å². The van der Waals surface area contributed by atoms with E-state index < -0.39 is 0 Å². The van der Waals surface area contributed by atoms with Crippen LogP contribution in [-0.4, -0.2) is 0 Å². The number of fused-ring (bicyclic) bond motifs is 6. The van der Waals surface area contributed by atoms with Gasteiger partial charge in [0.1, 0.15) is 0 Å². The van der Waals surface area contributed by atoms with E-state index in [0.717, 1.165) is 10.8 Å². The summed E-state index contributed by atoms with van der Waals surface area (Å²) in [4.78, 5) is 0. The first-order valence-electron chi connectivity index (χ1n) is 17.3. The summed E-state index contributed by atoms with van der Waals surface area (Å²) in [5, 5.41) is 9.80. The van der Waals surface area contributed by atoms with Crippen LogP contribution in [0.2, 0.25) is 0 Å².